The van der Waals surface area contributed by atoms with Crippen LogP contribution in [0.5, 0.6) is 0 Å². The Bertz CT molecular complexity index is 502. The predicted molar refractivity (Wildman–Crippen MR) is 71.2 cm³/mol. The van der Waals surface area contributed by atoms with Gasteiger partial charge >= 0.3 is 5.97 Å². The van der Waals surface area contributed by atoms with Gasteiger partial charge in [0.25, 0.3) is 0 Å². The highest BCUT2D eigenvalue weighted by Gasteiger charge is 2.37. The molecule has 102 valence electrons. The van der Waals surface area contributed by atoms with Crippen molar-refractivity contribution < 1.29 is 14.3 Å². The lowest BCUT2D eigenvalue weighted by atomic mass is 10.0. The Morgan fingerprint density at radius 1 is 1.42 bits per heavy atom. The summed E-state index contributed by atoms with van der Waals surface area (Å²) in [5.74, 6) is -0.683. The molecule has 0 saturated carbocycles. The molecule has 1 aliphatic carbocycles. The van der Waals surface area contributed by atoms with Gasteiger partial charge in [0.05, 0.1) is 18.7 Å². The monoisotopic (exact) mass is 280 g/mol. The van der Waals surface area contributed by atoms with Crippen molar-refractivity contribution in [3.05, 3.63) is 10.6 Å². The number of ether oxygens (including phenoxy) is 1. The highest BCUT2D eigenvalue weighted by molar-refractivity contribution is 7.16. The molecule has 19 heavy (non-hydrogen) atoms. The Hall–Kier alpha value is -1.43. The Morgan fingerprint density at radius 3 is 2.95 bits per heavy atom. The molecule has 1 fully saturated rings. The van der Waals surface area contributed by atoms with Crippen molar-refractivity contribution in [2.75, 3.05) is 18.6 Å². The fraction of sp³-hybridized carbons (Fsp3) is 0.615. The molecule has 0 spiro atoms. The molecule has 1 aromatic rings. The van der Waals surface area contributed by atoms with Crippen LogP contribution < -0.4 is 4.90 Å². The van der Waals surface area contributed by atoms with Crippen LogP contribution in [0, 0.1) is 5.92 Å². The number of hydrogen-bond donors (Lipinski definition) is 0. The first kappa shape index (κ1) is 12.6. The fourth-order valence-electron chi connectivity index (χ4n) is 2.67. The summed E-state index contributed by atoms with van der Waals surface area (Å²) in [6.07, 6.45) is 4.68. The first-order valence-electron chi connectivity index (χ1n) is 6.56. The largest absolute Gasteiger partial charge is 0.469 e. The number of anilines is 1. The smallest absolute Gasteiger partial charge is 0.311 e. The average molecular weight is 280 g/mol. The lowest BCUT2D eigenvalue weighted by molar-refractivity contribution is -0.145. The molecular weight excluding hydrogens is 264 g/mol. The van der Waals surface area contributed by atoms with Gasteiger partial charge in [-0.3, -0.25) is 14.5 Å². The van der Waals surface area contributed by atoms with Crippen molar-refractivity contribution in [3.63, 3.8) is 0 Å². The maximum atomic E-state index is 12.0. The van der Waals surface area contributed by atoms with Gasteiger partial charge in [-0.15, -0.1) is 11.3 Å². The number of aryl methyl sites for hydroxylation is 2. The minimum Gasteiger partial charge on any atom is -0.469 e. The summed E-state index contributed by atoms with van der Waals surface area (Å²) in [4.78, 5) is 31.0. The first-order chi connectivity index (χ1) is 9.19. The second kappa shape index (κ2) is 4.92. The van der Waals surface area contributed by atoms with Crippen LogP contribution in [0.1, 0.15) is 29.8 Å². The van der Waals surface area contributed by atoms with Crippen LogP contribution >= 0.6 is 11.3 Å². The van der Waals surface area contributed by atoms with Crippen molar-refractivity contribution in [2.24, 2.45) is 5.92 Å². The van der Waals surface area contributed by atoms with E-state index in [9.17, 15) is 9.59 Å². The van der Waals surface area contributed by atoms with Crippen LogP contribution in [0.25, 0.3) is 0 Å². The highest BCUT2D eigenvalue weighted by Crippen LogP contribution is 2.34. The molecule has 0 N–H and O–H groups in total. The van der Waals surface area contributed by atoms with Gasteiger partial charge in [-0.05, 0) is 25.7 Å². The van der Waals surface area contributed by atoms with E-state index in [2.05, 4.69) is 4.98 Å². The third-order valence-electron chi connectivity index (χ3n) is 3.72. The second-order valence-electron chi connectivity index (χ2n) is 5.00. The number of aromatic nitrogens is 1. The number of amides is 1. The highest BCUT2D eigenvalue weighted by atomic mass is 32.1. The zero-order valence-electron chi connectivity index (χ0n) is 10.8. The Balaban J connectivity index is 1.80. The zero-order valence-corrected chi connectivity index (χ0v) is 11.7. The molecule has 1 aliphatic heterocycles. The summed E-state index contributed by atoms with van der Waals surface area (Å²) in [5, 5.41) is 0.753. The number of carbonyl (C=O) groups excluding carboxylic acids is 2. The molecule has 1 saturated heterocycles. The number of hydrogen-bond acceptors (Lipinski definition) is 5. The molecule has 0 aromatic carbocycles. The van der Waals surface area contributed by atoms with Crippen LogP contribution in [-0.4, -0.2) is 30.5 Å². The number of thiazole rings is 1. The van der Waals surface area contributed by atoms with E-state index in [4.69, 9.17) is 4.74 Å². The van der Waals surface area contributed by atoms with Crippen LogP contribution in [0.15, 0.2) is 0 Å². The summed E-state index contributed by atoms with van der Waals surface area (Å²) in [6, 6.07) is 0. The Morgan fingerprint density at radius 2 is 2.21 bits per heavy atom. The molecule has 0 radical (unpaired) electrons. The van der Waals surface area contributed by atoms with Crippen molar-refractivity contribution >= 4 is 28.3 Å². The maximum Gasteiger partial charge on any atom is 0.311 e. The summed E-state index contributed by atoms with van der Waals surface area (Å²) < 4.78 is 4.71. The van der Waals surface area contributed by atoms with E-state index in [-0.39, 0.29) is 24.2 Å². The van der Waals surface area contributed by atoms with Gasteiger partial charge in [-0.25, -0.2) is 4.98 Å². The van der Waals surface area contributed by atoms with Crippen molar-refractivity contribution in [1.29, 1.82) is 0 Å². The fourth-order valence-corrected chi connectivity index (χ4v) is 3.85. The predicted octanol–water partition coefficient (Wildman–Crippen LogP) is 1.55. The first-order valence-corrected chi connectivity index (χ1v) is 7.37. The third-order valence-corrected chi connectivity index (χ3v) is 4.91. The maximum absolute atomic E-state index is 12.0. The number of fused-ring (bicyclic) bond motifs is 1. The van der Waals surface area contributed by atoms with Crippen LogP contribution in [-0.2, 0) is 27.2 Å². The van der Waals surface area contributed by atoms with Gasteiger partial charge in [0.1, 0.15) is 0 Å². The lowest BCUT2D eigenvalue weighted by Crippen LogP contribution is -2.26. The molecule has 0 bridgehead atoms. The molecule has 6 heteroatoms. The molecule has 3 rings (SSSR count). The molecular formula is C13H16N2O3S. The summed E-state index contributed by atoms with van der Waals surface area (Å²) in [5.41, 5.74) is 1.14. The van der Waals surface area contributed by atoms with E-state index in [0.717, 1.165) is 23.7 Å². The van der Waals surface area contributed by atoms with Crippen molar-refractivity contribution in [3.8, 4) is 0 Å². The number of carbonyl (C=O) groups is 2. The second-order valence-corrected chi connectivity index (χ2v) is 6.06. The van der Waals surface area contributed by atoms with Gasteiger partial charge < -0.3 is 4.74 Å². The van der Waals surface area contributed by atoms with Crippen molar-refractivity contribution in [1.82, 2.24) is 4.98 Å². The standard InChI is InChI=1S/C13H16N2O3S/c1-18-12(17)8-6-11(16)15(7-8)13-14-9-4-2-3-5-10(9)19-13/h8H,2-7H2,1H3. The third kappa shape index (κ3) is 2.25. The van der Waals surface area contributed by atoms with Crippen LogP contribution in [0.3, 0.4) is 0 Å². The van der Waals surface area contributed by atoms with Crippen LogP contribution in [0.2, 0.25) is 0 Å². The average Bonchev–Trinajstić information content (AvgIpc) is 3.00. The Labute approximate surface area is 115 Å². The minimum atomic E-state index is -0.349. The van der Waals surface area contributed by atoms with Crippen molar-refractivity contribution in [2.45, 2.75) is 32.1 Å². The van der Waals surface area contributed by atoms with Gasteiger partial charge in [0.2, 0.25) is 5.91 Å². The number of rotatable bonds is 2. The normalized spacial score (nSPS) is 22.5. The summed E-state index contributed by atoms with van der Waals surface area (Å²) >= 11 is 1.60. The van der Waals surface area contributed by atoms with E-state index in [1.54, 1.807) is 16.2 Å². The van der Waals surface area contributed by atoms with Crippen LogP contribution in [0.4, 0.5) is 5.13 Å². The van der Waals surface area contributed by atoms with E-state index in [0.29, 0.717) is 6.54 Å². The van der Waals surface area contributed by atoms with Gasteiger partial charge in [-0.2, -0.15) is 0 Å². The van der Waals surface area contributed by atoms with E-state index in [1.807, 2.05) is 0 Å². The van der Waals surface area contributed by atoms with E-state index >= 15 is 0 Å². The van der Waals surface area contributed by atoms with Gasteiger partial charge in [0.15, 0.2) is 5.13 Å². The molecule has 5 nitrogen and oxygen atoms in total. The Kier molecular flexibility index (Phi) is 3.26. The van der Waals surface area contributed by atoms with E-state index < -0.39 is 0 Å². The molecule has 2 aliphatic rings. The molecule has 1 aromatic heterocycles. The molecule has 1 atom stereocenters. The number of esters is 1. The number of methoxy groups -OCH3 is 1. The quantitative estimate of drug-likeness (QED) is 0.771. The topological polar surface area (TPSA) is 59.5 Å². The summed E-state index contributed by atoms with van der Waals surface area (Å²) in [6.45, 7) is 0.401. The minimum absolute atomic E-state index is 0.0264. The molecule has 1 amide bonds. The summed E-state index contributed by atoms with van der Waals surface area (Å²) in [7, 11) is 1.36. The van der Waals surface area contributed by atoms with Gasteiger partial charge in [-0.1, -0.05) is 0 Å². The zero-order chi connectivity index (χ0) is 13.4. The molecule has 2 heterocycles. The van der Waals surface area contributed by atoms with Gasteiger partial charge in [0, 0.05) is 17.8 Å². The SMILES string of the molecule is COC(=O)C1CC(=O)N(c2nc3c(s2)CCCC3)C1. The molecule has 1 unspecified atom stereocenters. The van der Waals surface area contributed by atoms with E-state index in [1.165, 1.54) is 24.8 Å². The lowest BCUT2D eigenvalue weighted by Gasteiger charge is -2.11. The number of nitrogens with zero attached hydrogens (tertiary/aromatic N) is 2.